The molecule has 0 aliphatic carbocycles. The lowest BCUT2D eigenvalue weighted by molar-refractivity contribution is -0.0950. The maximum Gasteiger partial charge on any atom is 0.321 e. The second kappa shape index (κ2) is 7.04. The van der Waals surface area contributed by atoms with E-state index in [-0.39, 0.29) is 12.3 Å². The van der Waals surface area contributed by atoms with E-state index < -0.39 is 0 Å². The summed E-state index contributed by atoms with van der Waals surface area (Å²) in [4.78, 5) is 14.1. The Morgan fingerprint density at radius 3 is 2.50 bits per heavy atom. The van der Waals surface area contributed by atoms with Crippen molar-refractivity contribution in [2.24, 2.45) is 5.92 Å². The van der Waals surface area contributed by atoms with Gasteiger partial charge in [-0.15, -0.1) is 0 Å². The fourth-order valence-corrected chi connectivity index (χ4v) is 3.26. The van der Waals surface area contributed by atoms with Crippen LogP contribution in [-0.4, -0.2) is 43.5 Å². The van der Waals surface area contributed by atoms with Gasteiger partial charge in [-0.25, -0.2) is 4.79 Å². The Labute approximate surface area is 139 Å². The van der Waals surface area contributed by atoms with Gasteiger partial charge in [0.2, 0.25) is 0 Å². The molecule has 5 nitrogen and oxygen atoms in total. The zero-order chi connectivity index (χ0) is 15.5. The Morgan fingerprint density at radius 2 is 1.86 bits per heavy atom. The van der Waals surface area contributed by atoms with Gasteiger partial charge in [-0.3, -0.25) is 0 Å². The molecule has 2 fully saturated rings. The normalized spacial score (nSPS) is 20.4. The molecule has 3 rings (SSSR count). The lowest BCUT2D eigenvalue weighted by Crippen LogP contribution is -2.43. The predicted octanol–water partition coefficient (Wildman–Crippen LogP) is 3.61. The van der Waals surface area contributed by atoms with Crippen LogP contribution in [0.1, 0.15) is 12.8 Å². The van der Waals surface area contributed by atoms with Crippen LogP contribution in [0, 0.1) is 5.92 Å². The number of rotatable bonds is 2. The van der Waals surface area contributed by atoms with E-state index in [9.17, 15) is 4.79 Å². The SMILES string of the molecule is O=C(Nc1ccc(Cl)cc1Cl)N1CCC(C2OCCO2)CC1. The lowest BCUT2D eigenvalue weighted by Gasteiger charge is -2.33. The molecule has 0 unspecified atom stereocenters. The molecule has 1 N–H and O–H groups in total. The number of benzene rings is 1. The van der Waals surface area contributed by atoms with Gasteiger partial charge in [0.1, 0.15) is 0 Å². The molecule has 2 saturated heterocycles. The number of hydrogen-bond acceptors (Lipinski definition) is 3. The monoisotopic (exact) mass is 344 g/mol. The number of ether oxygens (including phenoxy) is 2. The number of likely N-dealkylation sites (tertiary alicyclic amines) is 1. The third-order valence-corrected chi connectivity index (χ3v) is 4.58. The van der Waals surface area contributed by atoms with E-state index in [4.69, 9.17) is 32.7 Å². The third kappa shape index (κ3) is 3.66. The number of hydrogen-bond donors (Lipinski definition) is 1. The second-order valence-electron chi connectivity index (χ2n) is 5.49. The minimum Gasteiger partial charge on any atom is -0.350 e. The third-order valence-electron chi connectivity index (χ3n) is 4.03. The molecule has 22 heavy (non-hydrogen) atoms. The number of halogens is 2. The predicted molar refractivity (Wildman–Crippen MR) is 85.5 cm³/mol. The van der Waals surface area contributed by atoms with Crippen LogP contribution < -0.4 is 5.32 Å². The highest BCUT2D eigenvalue weighted by Crippen LogP contribution is 2.28. The number of piperidine rings is 1. The second-order valence-corrected chi connectivity index (χ2v) is 6.33. The first-order valence-corrected chi connectivity index (χ1v) is 8.13. The number of amides is 2. The summed E-state index contributed by atoms with van der Waals surface area (Å²) in [5.74, 6) is 0.366. The van der Waals surface area contributed by atoms with Gasteiger partial charge in [0.15, 0.2) is 6.29 Å². The van der Waals surface area contributed by atoms with Crippen LogP contribution in [0.5, 0.6) is 0 Å². The lowest BCUT2D eigenvalue weighted by atomic mass is 9.96. The van der Waals surface area contributed by atoms with Crippen molar-refractivity contribution in [3.63, 3.8) is 0 Å². The molecule has 1 aromatic rings. The molecular formula is C15H18Cl2N2O3. The fourth-order valence-electron chi connectivity index (χ4n) is 2.81. The summed E-state index contributed by atoms with van der Waals surface area (Å²) in [5.41, 5.74) is 0.570. The van der Waals surface area contributed by atoms with Crippen molar-refractivity contribution in [3.8, 4) is 0 Å². The summed E-state index contributed by atoms with van der Waals surface area (Å²) >= 11 is 11.9. The van der Waals surface area contributed by atoms with Crippen molar-refractivity contribution >= 4 is 34.9 Å². The number of carbonyl (C=O) groups excluding carboxylic acids is 1. The highest BCUT2D eigenvalue weighted by atomic mass is 35.5. The molecule has 0 radical (unpaired) electrons. The number of nitrogens with zero attached hydrogens (tertiary/aromatic N) is 1. The highest BCUT2D eigenvalue weighted by molar-refractivity contribution is 6.36. The Hall–Kier alpha value is -1.01. The van der Waals surface area contributed by atoms with Crippen LogP contribution in [0.25, 0.3) is 0 Å². The minimum absolute atomic E-state index is 0.101. The first kappa shape index (κ1) is 15.9. The van der Waals surface area contributed by atoms with Crippen LogP contribution in [0.2, 0.25) is 10.0 Å². The summed E-state index contributed by atoms with van der Waals surface area (Å²) in [6.07, 6.45) is 1.66. The summed E-state index contributed by atoms with van der Waals surface area (Å²) < 4.78 is 11.1. The van der Waals surface area contributed by atoms with Gasteiger partial charge in [-0.2, -0.15) is 0 Å². The molecule has 120 valence electrons. The molecule has 0 aromatic heterocycles. The van der Waals surface area contributed by atoms with Crippen LogP contribution in [0.4, 0.5) is 10.5 Å². The number of carbonyl (C=O) groups is 1. The van der Waals surface area contributed by atoms with E-state index in [0.29, 0.717) is 48.0 Å². The smallest absolute Gasteiger partial charge is 0.321 e. The van der Waals surface area contributed by atoms with Gasteiger partial charge in [-0.1, -0.05) is 23.2 Å². The largest absolute Gasteiger partial charge is 0.350 e. The van der Waals surface area contributed by atoms with Gasteiger partial charge in [0.25, 0.3) is 0 Å². The first-order valence-electron chi connectivity index (χ1n) is 7.37. The summed E-state index contributed by atoms with van der Waals surface area (Å²) in [6.45, 7) is 2.71. The molecule has 2 amide bonds. The average Bonchev–Trinajstić information content (AvgIpc) is 3.04. The molecule has 2 aliphatic heterocycles. The van der Waals surface area contributed by atoms with Crippen molar-refractivity contribution in [2.75, 3.05) is 31.6 Å². The molecule has 2 aliphatic rings. The molecule has 2 heterocycles. The Balaban J connectivity index is 1.53. The maximum absolute atomic E-state index is 12.3. The number of nitrogens with one attached hydrogen (secondary N) is 1. The standard InChI is InChI=1S/C15H18Cl2N2O3/c16-11-1-2-13(12(17)9-11)18-15(20)19-5-3-10(4-6-19)14-21-7-8-22-14/h1-2,9-10,14H,3-8H2,(H,18,20). The fraction of sp³-hybridized carbons (Fsp3) is 0.533. The highest BCUT2D eigenvalue weighted by Gasteiger charge is 2.31. The van der Waals surface area contributed by atoms with E-state index in [2.05, 4.69) is 5.32 Å². The van der Waals surface area contributed by atoms with Gasteiger partial charge in [0, 0.05) is 24.0 Å². The van der Waals surface area contributed by atoms with E-state index in [1.54, 1.807) is 23.1 Å². The maximum atomic E-state index is 12.3. The Morgan fingerprint density at radius 1 is 1.18 bits per heavy atom. The number of urea groups is 1. The van der Waals surface area contributed by atoms with Crippen LogP contribution >= 0.6 is 23.2 Å². The minimum atomic E-state index is -0.143. The summed E-state index contributed by atoms with van der Waals surface area (Å²) in [7, 11) is 0. The van der Waals surface area contributed by atoms with Gasteiger partial charge >= 0.3 is 6.03 Å². The van der Waals surface area contributed by atoms with Crippen molar-refractivity contribution in [3.05, 3.63) is 28.2 Å². The molecule has 1 aromatic carbocycles. The molecule has 0 atom stereocenters. The molecule has 0 spiro atoms. The van der Waals surface area contributed by atoms with Crippen LogP contribution in [0.3, 0.4) is 0 Å². The zero-order valence-corrected chi connectivity index (χ0v) is 13.6. The molecule has 0 saturated carbocycles. The van der Waals surface area contributed by atoms with Crippen molar-refractivity contribution in [2.45, 2.75) is 19.1 Å². The van der Waals surface area contributed by atoms with Gasteiger partial charge in [0.05, 0.1) is 23.9 Å². The van der Waals surface area contributed by atoms with Gasteiger partial charge in [-0.05, 0) is 31.0 Å². The first-order chi connectivity index (χ1) is 10.6. The van der Waals surface area contributed by atoms with Crippen LogP contribution in [0.15, 0.2) is 18.2 Å². The summed E-state index contributed by atoms with van der Waals surface area (Å²) in [5, 5.41) is 3.80. The molecule has 7 heteroatoms. The van der Waals surface area contributed by atoms with Crippen molar-refractivity contribution in [1.82, 2.24) is 4.90 Å². The molecular weight excluding hydrogens is 327 g/mol. The topological polar surface area (TPSA) is 50.8 Å². The summed E-state index contributed by atoms with van der Waals surface area (Å²) in [6, 6.07) is 4.87. The van der Waals surface area contributed by atoms with E-state index in [0.717, 1.165) is 12.8 Å². The van der Waals surface area contributed by atoms with E-state index >= 15 is 0 Å². The Kier molecular flexibility index (Phi) is 5.08. The van der Waals surface area contributed by atoms with Gasteiger partial charge < -0.3 is 19.7 Å². The molecule has 0 bridgehead atoms. The zero-order valence-electron chi connectivity index (χ0n) is 12.1. The quantitative estimate of drug-likeness (QED) is 0.891. The van der Waals surface area contributed by atoms with Crippen LogP contribution in [-0.2, 0) is 9.47 Å². The van der Waals surface area contributed by atoms with Crippen molar-refractivity contribution < 1.29 is 14.3 Å². The van der Waals surface area contributed by atoms with E-state index in [1.165, 1.54) is 0 Å². The average molecular weight is 345 g/mol. The number of anilines is 1. The van der Waals surface area contributed by atoms with Crippen molar-refractivity contribution in [1.29, 1.82) is 0 Å². The van der Waals surface area contributed by atoms with E-state index in [1.807, 2.05) is 0 Å². The Bertz CT molecular complexity index is 542.